The van der Waals surface area contributed by atoms with Crippen molar-refractivity contribution < 1.29 is 4.79 Å². The third-order valence-corrected chi connectivity index (χ3v) is 4.85. The molecule has 1 aromatic carbocycles. The largest absolute Gasteiger partial charge is 0.369 e. The fourth-order valence-electron chi connectivity index (χ4n) is 4.42. The quantitative estimate of drug-likeness (QED) is 0.832. The van der Waals surface area contributed by atoms with E-state index >= 15 is 0 Å². The van der Waals surface area contributed by atoms with Crippen molar-refractivity contribution in [1.29, 1.82) is 0 Å². The minimum absolute atomic E-state index is 0.122. The van der Waals surface area contributed by atoms with Crippen molar-refractivity contribution >= 4 is 5.91 Å². The first kappa shape index (κ1) is 10.8. The SMILES string of the molecule is CC(C)C1C2CCC1(C(N)=O)c1ccccc12. The normalized spacial score (nSPS) is 34.1. The lowest BCUT2D eigenvalue weighted by molar-refractivity contribution is -0.125. The van der Waals surface area contributed by atoms with E-state index < -0.39 is 0 Å². The summed E-state index contributed by atoms with van der Waals surface area (Å²) in [5.41, 5.74) is 7.98. The summed E-state index contributed by atoms with van der Waals surface area (Å²) in [6.07, 6.45) is 2.05. The van der Waals surface area contributed by atoms with Crippen LogP contribution in [-0.2, 0) is 10.2 Å². The highest BCUT2D eigenvalue weighted by Crippen LogP contribution is 2.62. The Balaban J connectivity index is 2.24. The van der Waals surface area contributed by atoms with Gasteiger partial charge in [0.1, 0.15) is 0 Å². The zero-order chi connectivity index (χ0) is 12.2. The van der Waals surface area contributed by atoms with Gasteiger partial charge in [-0.1, -0.05) is 38.1 Å². The molecule has 1 aromatic rings. The Hall–Kier alpha value is -1.31. The predicted octanol–water partition coefficient (Wildman–Crippen LogP) is 2.57. The Bertz CT molecular complexity index is 480. The third kappa shape index (κ3) is 1.13. The van der Waals surface area contributed by atoms with Gasteiger partial charge in [0, 0.05) is 0 Å². The fourth-order valence-corrected chi connectivity index (χ4v) is 4.42. The number of carbonyl (C=O) groups excluding carboxylic acids is 1. The topological polar surface area (TPSA) is 43.1 Å². The number of nitrogens with two attached hydrogens (primary N) is 1. The number of rotatable bonds is 2. The number of carbonyl (C=O) groups is 1. The molecule has 0 aromatic heterocycles. The van der Waals surface area contributed by atoms with Gasteiger partial charge in [-0.2, -0.15) is 0 Å². The Morgan fingerprint density at radius 2 is 2.12 bits per heavy atom. The van der Waals surface area contributed by atoms with Crippen LogP contribution in [0.5, 0.6) is 0 Å². The summed E-state index contributed by atoms with van der Waals surface area (Å²) in [4.78, 5) is 12.1. The van der Waals surface area contributed by atoms with Gasteiger partial charge >= 0.3 is 0 Å². The lowest BCUT2D eigenvalue weighted by Gasteiger charge is -2.32. The summed E-state index contributed by atoms with van der Waals surface area (Å²) in [5, 5.41) is 0. The molecular weight excluding hydrogens is 210 g/mol. The zero-order valence-electron chi connectivity index (χ0n) is 10.4. The first-order valence-electron chi connectivity index (χ1n) is 6.48. The number of fused-ring (bicyclic) bond motifs is 5. The second kappa shape index (κ2) is 3.34. The molecule has 0 saturated heterocycles. The molecule has 3 atom stereocenters. The highest BCUT2D eigenvalue weighted by atomic mass is 16.1. The van der Waals surface area contributed by atoms with Crippen molar-refractivity contribution in [3.8, 4) is 0 Å². The smallest absolute Gasteiger partial charge is 0.228 e. The standard InChI is InChI=1S/C15H19NO/c1-9(2)13-11-7-8-15(13,14(16)17)12-6-4-3-5-10(11)12/h3-6,9,11,13H,7-8H2,1-2H3,(H2,16,17). The van der Waals surface area contributed by atoms with Crippen molar-refractivity contribution in [3.63, 3.8) is 0 Å². The molecule has 2 bridgehead atoms. The maximum atomic E-state index is 12.1. The van der Waals surface area contributed by atoms with Gasteiger partial charge in [-0.05, 0) is 41.7 Å². The molecule has 2 heteroatoms. The Kier molecular flexibility index (Phi) is 2.13. The first-order chi connectivity index (χ1) is 8.09. The summed E-state index contributed by atoms with van der Waals surface area (Å²) in [6, 6.07) is 8.39. The average molecular weight is 229 g/mol. The van der Waals surface area contributed by atoms with Gasteiger partial charge in [-0.3, -0.25) is 4.79 Å². The van der Waals surface area contributed by atoms with Crippen molar-refractivity contribution in [2.24, 2.45) is 17.6 Å². The molecule has 0 aliphatic heterocycles. The van der Waals surface area contributed by atoms with Crippen LogP contribution in [0.3, 0.4) is 0 Å². The van der Waals surface area contributed by atoms with E-state index in [0.29, 0.717) is 17.8 Å². The summed E-state index contributed by atoms with van der Waals surface area (Å²) in [6.45, 7) is 4.43. The molecule has 3 unspecified atom stereocenters. The number of primary amides is 1. The van der Waals surface area contributed by atoms with Gasteiger partial charge < -0.3 is 5.73 Å². The van der Waals surface area contributed by atoms with E-state index in [1.807, 2.05) is 6.07 Å². The van der Waals surface area contributed by atoms with Crippen LogP contribution in [0, 0.1) is 11.8 Å². The van der Waals surface area contributed by atoms with Crippen LogP contribution in [0.15, 0.2) is 24.3 Å². The molecule has 17 heavy (non-hydrogen) atoms. The monoisotopic (exact) mass is 229 g/mol. The van der Waals surface area contributed by atoms with Gasteiger partial charge in [0.2, 0.25) is 5.91 Å². The van der Waals surface area contributed by atoms with E-state index in [1.54, 1.807) is 0 Å². The molecule has 0 spiro atoms. The summed E-state index contributed by atoms with van der Waals surface area (Å²) in [5.74, 6) is 1.32. The van der Waals surface area contributed by atoms with E-state index in [2.05, 4.69) is 32.0 Å². The zero-order valence-corrected chi connectivity index (χ0v) is 10.4. The number of amides is 1. The highest BCUT2D eigenvalue weighted by Gasteiger charge is 2.60. The minimum atomic E-state index is -0.380. The number of benzene rings is 1. The second-order valence-electron chi connectivity index (χ2n) is 5.84. The minimum Gasteiger partial charge on any atom is -0.369 e. The lowest BCUT2D eigenvalue weighted by Crippen LogP contribution is -2.44. The molecule has 1 saturated carbocycles. The Morgan fingerprint density at radius 1 is 1.41 bits per heavy atom. The Labute approximate surface area is 102 Å². The number of hydrogen-bond donors (Lipinski definition) is 1. The molecule has 90 valence electrons. The van der Waals surface area contributed by atoms with Gasteiger partial charge in [0.05, 0.1) is 5.41 Å². The van der Waals surface area contributed by atoms with Crippen LogP contribution in [-0.4, -0.2) is 5.91 Å². The fraction of sp³-hybridized carbons (Fsp3) is 0.533. The van der Waals surface area contributed by atoms with Crippen molar-refractivity contribution in [1.82, 2.24) is 0 Å². The molecule has 0 radical (unpaired) electrons. The first-order valence-corrected chi connectivity index (χ1v) is 6.48. The van der Waals surface area contributed by atoms with Crippen LogP contribution in [0.4, 0.5) is 0 Å². The third-order valence-electron chi connectivity index (χ3n) is 4.85. The summed E-state index contributed by atoms with van der Waals surface area (Å²) in [7, 11) is 0. The molecule has 2 N–H and O–H groups in total. The van der Waals surface area contributed by atoms with E-state index in [-0.39, 0.29) is 11.3 Å². The molecule has 2 nitrogen and oxygen atoms in total. The van der Waals surface area contributed by atoms with Crippen molar-refractivity contribution in [2.75, 3.05) is 0 Å². The summed E-state index contributed by atoms with van der Waals surface area (Å²) >= 11 is 0. The second-order valence-corrected chi connectivity index (χ2v) is 5.84. The van der Waals surface area contributed by atoms with E-state index in [4.69, 9.17) is 5.73 Å². The lowest BCUT2D eigenvalue weighted by atomic mass is 9.71. The van der Waals surface area contributed by atoms with Crippen molar-refractivity contribution in [3.05, 3.63) is 35.4 Å². The summed E-state index contributed by atoms with van der Waals surface area (Å²) < 4.78 is 0. The maximum absolute atomic E-state index is 12.1. The molecule has 2 aliphatic rings. The van der Waals surface area contributed by atoms with Crippen molar-refractivity contribution in [2.45, 2.75) is 38.0 Å². The van der Waals surface area contributed by atoms with Crippen LogP contribution in [0.25, 0.3) is 0 Å². The van der Waals surface area contributed by atoms with Crippen LogP contribution in [0.1, 0.15) is 43.7 Å². The van der Waals surface area contributed by atoms with E-state index in [0.717, 1.165) is 12.8 Å². The maximum Gasteiger partial charge on any atom is 0.228 e. The highest BCUT2D eigenvalue weighted by molar-refractivity contribution is 5.90. The van der Waals surface area contributed by atoms with Crippen LogP contribution in [0.2, 0.25) is 0 Å². The molecule has 3 rings (SSSR count). The van der Waals surface area contributed by atoms with Gasteiger partial charge in [-0.15, -0.1) is 0 Å². The molecule has 0 heterocycles. The molecule has 1 amide bonds. The van der Waals surface area contributed by atoms with Gasteiger partial charge in [0.25, 0.3) is 0 Å². The molecule has 1 fully saturated rings. The predicted molar refractivity (Wildman–Crippen MR) is 67.6 cm³/mol. The number of hydrogen-bond acceptors (Lipinski definition) is 1. The van der Waals surface area contributed by atoms with Crippen LogP contribution < -0.4 is 5.73 Å². The molecular formula is C15H19NO. The average Bonchev–Trinajstić information content (AvgIpc) is 2.82. The van der Waals surface area contributed by atoms with E-state index in [1.165, 1.54) is 11.1 Å². The Morgan fingerprint density at radius 3 is 2.76 bits per heavy atom. The van der Waals surface area contributed by atoms with Crippen LogP contribution >= 0.6 is 0 Å². The van der Waals surface area contributed by atoms with E-state index in [9.17, 15) is 4.79 Å². The van der Waals surface area contributed by atoms with Gasteiger partial charge in [0.15, 0.2) is 0 Å². The van der Waals surface area contributed by atoms with Gasteiger partial charge in [-0.25, -0.2) is 0 Å². The molecule has 2 aliphatic carbocycles.